The van der Waals surface area contributed by atoms with Gasteiger partial charge in [0.1, 0.15) is 5.75 Å². The number of rotatable bonds is 5. The summed E-state index contributed by atoms with van der Waals surface area (Å²) >= 11 is 0.201. The fourth-order valence-electron chi connectivity index (χ4n) is 3.43. The molecule has 0 aliphatic carbocycles. The number of nitrogens with zero attached hydrogens (tertiary/aromatic N) is 3. The van der Waals surface area contributed by atoms with Gasteiger partial charge in [-0.2, -0.15) is 13.2 Å². The summed E-state index contributed by atoms with van der Waals surface area (Å²) in [6.07, 6.45) is -9.92. The molecule has 190 valence electrons. The van der Waals surface area contributed by atoms with E-state index in [1.165, 1.54) is 13.8 Å². The number of anilines is 1. The average Bonchev–Trinajstić information content (AvgIpc) is 3.17. The van der Waals surface area contributed by atoms with Gasteiger partial charge in [-0.1, -0.05) is 24.8 Å². The highest BCUT2D eigenvalue weighted by atomic mass is 32.2. The van der Waals surface area contributed by atoms with Crippen molar-refractivity contribution >= 4 is 32.2 Å². The van der Waals surface area contributed by atoms with E-state index in [-0.39, 0.29) is 43.3 Å². The zero-order chi connectivity index (χ0) is 24.8. The Kier molecular flexibility index (Phi) is 7.63. The summed E-state index contributed by atoms with van der Waals surface area (Å²) < 4.78 is 104. The van der Waals surface area contributed by atoms with Crippen LogP contribution in [-0.2, 0) is 20.8 Å². The van der Waals surface area contributed by atoms with E-state index < -0.39 is 54.6 Å². The van der Waals surface area contributed by atoms with Gasteiger partial charge >= 0.3 is 12.5 Å². The van der Waals surface area contributed by atoms with Crippen molar-refractivity contribution in [2.24, 2.45) is 5.92 Å². The van der Waals surface area contributed by atoms with Crippen LogP contribution in [0.4, 0.5) is 31.5 Å². The number of carbonyl (C=O) groups is 1. The minimum absolute atomic E-state index is 0. The van der Waals surface area contributed by atoms with Crippen LogP contribution in [0, 0.1) is 5.92 Å². The third-order valence-corrected chi connectivity index (χ3v) is 8.92. The first-order chi connectivity index (χ1) is 15.0. The van der Waals surface area contributed by atoms with Crippen LogP contribution in [0.5, 0.6) is 5.75 Å². The molecule has 0 unspecified atom stereocenters. The van der Waals surface area contributed by atoms with Crippen molar-refractivity contribution < 1.29 is 44.3 Å². The van der Waals surface area contributed by atoms with Gasteiger partial charge in [0.25, 0.3) is 0 Å². The second-order valence-corrected chi connectivity index (χ2v) is 11.2. The molecular weight excluding hydrogens is 512 g/mol. The van der Waals surface area contributed by atoms with Crippen LogP contribution in [0.3, 0.4) is 0 Å². The number of alkyl halides is 6. The first kappa shape index (κ1) is 27.8. The highest BCUT2D eigenvalue weighted by Crippen LogP contribution is 2.41. The topological polar surface area (TPSA) is 89.5 Å². The molecule has 1 aromatic carbocycles. The van der Waals surface area contributed by atoms with Crippen molar-refractivity contribution in [3.63, 3.8) is 0 Å². The normalized spacial score (nSPS) is 17.9. The second kappa shape index (κ2) is 9.32. The lowest BCUT2D eigenvalue weighted by Gasteiger charge is -2.38. The van der Waals surface area contributed by atoms with Crippen LogP contribution in [0.15, 0.2) is 29.2 Å². The maximum absolute atomic E-state index is 13.2. The molecule has 1 amide bonds. The fourth-order valence-corrected chi connectivity index (χ4v) is 5.96. The lowest BCUT2D eigenvalue weighted by Crippen LogP contribution is -2.48. The predicted molar refractivity (Wildman–Crippen MR) is 111 cm³/mol. The molecular formula is C19H21F6N3O4S2. The number of carbonyl (C=O) groups excluding carboxylic acids is 1. The van der Waals surface area contributed by atoms with E-state index in [2.05, 4.69) is 14.9 Å². The molecule has 2 aromatic rings. The van der Waals surface area contributed by atoms with Crippen molar-refractivity contribution in [2.45, 2.75) is 56.3 Å². The molecule has 0 bridgehead atoms. The standard InChI is InChI=1S/C18H17F6N3O4S2.CH4/c1-16(2,33(29,30)12-5-3-4-11(9-12)31-18(22,23)24)10-6-7-27(13(28)8-10)15-26-25-14(32-15)17(19,20)21;/h3-5,9-10H,6-8H2,1-2H3;1H4/t10-;/m1./s1. The highest BCUT2D eigenvalue weighted by molar-refractivity contribution is 7.92. The molecule has 0 spiro atoms. The largest absolute Gasteiger partial charge is 0.573 e. The van der Waals surface area contributed by atoms with Gasteiger partial charge in [0.15, 0.2) is 9.84 Å². The smallest absolute Gasteiger partial charge is 0.406 e. The van der Waals surface area contributed by atoms with Gasteiger partial charge in [0.2, 0.25) is 16.0 Å². The lowest BCUT2D eigenvalue weighted by atomic mass is 9.85. The average molecular weight is 534 g/mol. The number of ether oxygens (including phenoxy) is 1. The van der Waals surface area contributed by atoms with Crippen LogP contribution < -0.4 is 9.64 Å². The Morgan fingerprint density at radius 2 is 1.76 bits per heavy atom. The summed E-state index contributed by atoms with van der Waals surface area (Å²) in [7, 11) is -4.23. The zero-order valence-electron chi connectivity index (χ0n) is 17.1. The van der Waals surface area contributed by atoms with Gasteiger partial charge in [-0.05, 0) is 44.4 Å². The molecule has 1 aliphatic heterocycles. The predicted octanol–water partition coefficient (Wildman–Crippen LogP) is 5.09. The first-order valence-electron chi connectivity index (χ1n) is 9.34. The quantitative estimate of drug-likeness (QED) is 0.498. The van der Waals surface area contributed by atoms with Crippen LogP contribution in [-0.4, -0.2) is 42.2 Å². The van der Waals surface area contributed by atoms with Crippen molar-refractivity contribution in [3.05, 3.63) is 29.3 Å². The third kappa shape index (κ3) is 5.62. The molecule has 1 aromatic heterocycles. The number of hydrogen-bond acceptors (Lipinski definition) is 7. The van der Waals surface area contributed by atoms with Gasteiger partial charge in [-0.3, -0.25) is 9.69 Å². The van der Waals surface area contributed by atoms with Crippen molar-refractivity contribution in [3.8, 4) is 5.75 Å². The van der Waals surface area contributed by atoms with E-state index in [1.54, 1.807) is 0 Å². The number of piperidine rings is 1. The zero-order valence-corrected chi connectivity index (χ0v) is 18.7. The Hall–Kier alpha value is -2.42. The van der Waals surface area contributed by atoms with Crippen LogP contribution in [0.1, 0.15) is 39.1 Å². The van der Waals surface area contributed by atoms with E-state index in [9.17, 15) is 39.6 Å². The van der Waals surface area contributed by atoms with Gasteiger partial charge in [-0.15, -0.1) is 23.4 Å². The number of halogens is 6. The molecule has 0 N–H and O–H groups in total. The molecule has 1 fully saturated rings. The molecule has 1 atom stereocenters. The van der Waals surface area contributed by atoms with Gasteiger partial charge in [0, 0.05) is 13.0 Å². The molecule has 1 aliphatic rings. The third-order valence-electron chi connectivity index (χ3n) is 5.34. The molecule has 0 saturated carbocycles. The number of hydrogen-bond donors (Lipinski definition) is 0. The van der Waals surface area contributed by atoms with E-state index >= 15 is 0 Å². The second-order valence-electron chi connectivity index (χ2n) is 7.75. The van der Waals surface area contributed by atoms with Gasteiger partial charge in [0.05, 0.1) is 9.64 Å². The monoisotopic (exact) mass is 533 g/mol. The molecule has 3 rings (SSSR count). The summed E-state index contributed by atoms with van der Waals surface area (Å²) in [5.74, 6) is -2.09. The number of sulfone groups is 1. The summed E-state index contributed by atoms with van der Waals surface area (Å²) in [5.41, 5.74) is 0. The van der Waals surface area contributed by atoms with Crippen molar-refractivity contribution in [1.82, 2.24) is 10.2 Å². The summed E-state index contributed by atoms with van der Waals surface area (Å²) in [6.45, 7) is 2.60. The van der Waals surface area contributed by atoms with E-state index in [0.717, 1.165) is 29.2 Å². The van der Waals surface area contributed by atoms with Gasteiger partial charge < -0.3 is 4.74 Å². The maximum Gasteiger partial charge on any atom is 0.573 e. The molecule has 7 nitrogen and oxygen atoms in total. The van der Waals surface area contributed by atoms with E-state index in [4.69, 9.17) is 0 Å². The summed E-state index contributed by atoms with van der Waals surface area (Å²) in [4.78, 5) is 13.2. The Morgan fingerprint density at radius 3 is 2.29 bits per heavy atom. The Balaban J connectivity index is 0.00000408. The summed E-state index contributed by atoms with van der Waals surface area (Å²) in [6, 6.07) is 3.93. The van der Waals surface area contributed by atoms with Crippen LogP contribution in [0.25, 0.3) is 0 Å². The number of benzene rings is 1. The van der Waals surface area contributed by atoms with E-state index in [0.29, 0.717) is 0 Å². The number of aromatic nitrogens is 2. The minimum atomic E-state index is -5.01. The first-order valence-corrected chi connectivity index (χ1v) is 11.6. The van der Waals surface area contributed by atoms with Crippen molar-refractivity contribution in [1.29, 1.82) is 0 Å². The fraction of sp³-hybridized carbons (Fsp3) is 0.526. The van der Waals surface area contributed by atoms with Crippen LogP contribution >= 0.6 is 11.3 Å². The molecule has 34 heavy (non-hydrogen) atoms. The Labute approximate surface area is 195 Å². The molecule has 2 heterocycles. The summed E-state index contributed by atoms with van der Waals surface area (Å²) in [5, 5.41) is 4.99. The maximum atomic E-state index is 13.2. The Bertz CT molecular complexity index is 1150. The highest BCUT2D eigenvalue weighted by Gasteiger charge is 2.47. The SMILES string of the molecule is C.CC(C)([C@@H]1CCN(c2nnc(C(F)(F)F)s2)C(=O)C1)S(=O)(=O)c1cccc(OC(F)(F)F)c1. The molecule has 15 heteroatoms. The van der Waals surface area contributed by atoms with Gasteiger partial charge in [-0.25, -0.2) is 8.42 Å². The number of amides is 1. The van der Waals surface area contributed by atoms with E-state index in [1.807, 2.05) is 0 Å². The minimum Gasteiger partial charge on any atom is -0.406 e. The van der Waals surface area contributed by atoms with Crippen molar-refractivity contribution in [2.75, 3.05) is 11.4 Å². The lowest BCUT2D eigenvalue weighted by molar-refractivity contribution is -0.274. The Morgan fingerprint density at radius 1 is 1.12 bits per heavy atom. The molecule has 1 saturated heterocycles. The molecule has 0 radical (unpaired) electrons. The van der Waals surface area contributed by atoms with Crippen LogP contribution in [0.2, 0.25) is 0 Å².